The summed E-state index contributed by atoms with van der Waals surface area (Å²) in [6.45, 7) is 6.70. The molecule has 1 aliphatic heterocycles. The van der Waals surface area contributed by atoms with Crippen molar-refractivity contribution in [3.05, 3.63) is 64.7 Å². The maximum absolute atomic E-state index is 3.65. The molecule has 2 aromatic rings. The lowest BCUT2D eigenvalue weighted by atomic mass is 9.97. The highest BCUT2D eigenvalue weighted by Crippen LogP contribution is 2.35. The van der Waals surface area contributed by atoms with Gasteiger partial charge in [-0.2, -0.15) is 0 Å². The van der Waals surface area contributed by atoms with Gasteiger partial charge in [0.25, 0.3) is 0 Å². The number of anilines is 1. The molecule has 0 saturated carbocycles. The molecule has 0 aromatic heterocycles. The molecule has 1 aliphatic rings. The Kier molecular flexibility index (Phi) is 3.52. The molecule has 1 N–H and O–H groups in total. The molecule has 1 atom stereocenters. The fraction of sp³-hybridized carbons (Fsp3) is 0.368. The number of benzene rings is 2. The van der Waals surface area contributed by atoms with E-state index in [9.17, 15) is 0 Å². The Balaban J connectivity index is 1.80. The van der Waals surface area contributed by atoms with Crippen LogP contribution in [0.15, 0.2) is 42.5 Å². The molecule has 0 saturated heterocycles. The summed E-state index contributed by atoms with van der Waals surface area (Å²) in [5.74, 6) is 0.602. The van der Waals surface area contributed by atoms with Crippen LogP contribution in [0.2, 0.25) is 0 Å². The maximum Gasteiger partial charge on any atom is 0.0555 e. The zero-order valence-corrected chi connectivity index (χ0v) is 12.6. The highest BCUT2D eigenvalue weighted by atomic mass is 14.9. The summed E-state index contributed by atoms with van der Waals surface area (Å²) in [7, 11) is 0. The van der Waals surface area contributed by atoms with Gasteiger partial charge >= 0.3 is 0 Å². The summed E-state index contributed by atoms with van der Waals surface area (Å²) < 4.78 is 0. The fourth-order valence-electron chi connectivity index (χ4n) is 2.95. The van der Waals surface area contributed by atoms with E-state index in [1.165, 1.54) is 27.9 Å². The van der Waals surface area contributed by atoms with Crippen molar-refractivity contribution in [2.45, 2.75) is 45.6 Å². The van der Waals surface area contributed by atoms with E-state index in [4.69, 9.17) is 0 Å². The van der Waals surface area contributed by atoms with Crippen LogP contribution in [0.25, 0.3) is 0 Å². The number of rotatable bonds is 3. The molecule has 1 heterocycles. The summed E-state index contributed by atoms with van der Waals surface area (Å²) in [6.07, 6.45) is 2.21. The third kappa shape index (κ3) is 2.45. The second-order valence-electron chi connectivity index (χ2n) is 6.07. The van der Waals surface area contributed by atoms with E-state index >= 15 is 0 Å². The lowest BCUT2D eigenvalue weighted by Crippen LogP contribution is -2.05. The first kappa shape index (κ1) is 13.2. The first-order valence-corrected chi connectivity index (χ1v) is 7.65. The van der Waals surface area contributed by atoms with Crippen molar-refractivity contribution in [1.29, 1.82) is 0 Å². The van der Waals surface area contributed by atoms with Gasteiger partial charge < -0.3 is 5.32 Å². The first-order valence-electron chi connectivity index (χ1n) is 7.65. The monoisotopic (exact) mass is 265 g/mol. The Hall–Kier alpha value is -1.76. The molecule has 0 radical (unpaired) electrons. The number of hydrogen-bond donors (Lipinski definition) is 1. The summed E-state index contributed by atoms with van der Waals surface area (Å²) in [4.78, 5) is 0. The van der Waals surface area contributed by atoms with E-state index in [0.29, 0.717) is 12.0 Å². The largest absolute Gasteiger partial charge is 0.378 e. The van der Waals surface area contributed by atoms with Gasteiger partial charge in [-0.1, -0.05) is 57.2 Å². The Bertz CT molecular complexity index is 596. The topological polar surface area (TPSA) is 12.0 Å². The van der Waals surface area contributed by atoms with Gasteiger partial charge in [-0.15, -0.1) is 0 Å². The molecule has 3 rings (SSSR count). The molecule has 2 aromatic carbocycles. The molecule has 0 fully saturated rings. The van der Waals surface area contributed by atoms with E-state index in [1.807, 2.05) is 0 Å². The lowest BCUT2D eigenvalue weighted by Gasteiger charge is -2.13. The van der Waals surface area contributed by atoms with Crippen molar-refractivity contribution in [2.24, 2.45) is 0 Å². The average molecular weight is 265 g/mol. The van der Waals surface area contributed by atoms with Crippen molar-refractivity contribution in [3.8, 4) is 0 Å². The molecule has 0 amide bonds. The molecule has 1 nitrogen and oxygen atoms in total. The van der Waals surface area contributed by atoms with Gasteiger partial charge in [-0.3, -0.25) is 0 Å². The lowest BCUT2D eigenvalue weighted by molar-refractivity contribution is 0.816. The second-order valence-corrected chi connectivity index (χ2v) is 6.07. The molecule has 104 valence electrons. The molecule has 20 heavy (non-hydrogen) atoms. The summed E-state index contributed by atoms with van der Waals surface area (Å²) in [5.41, 5.74) is 7.00. The van der Waals surface area contributed by atoms with E-state index < -0.39 is 0 Å². The van der Waals surface area contributed by atoms with Crippen LogP contribution in [0, 0.1) is 0 Å². The van der Waals surface area contributed by atoms with Crippen molar-refractivity contribution in [2.75, 3.05) is 5.32 Å². The molecule has 1 unspecified atom stereocenters. The van der Waals surface area contributed by atoms with Gasteiger partial charge in [0.1, 0.15) is 0 Å². The molecular weight excluding hydrogens is 242 g/mol. The Labute approximate surface area is 122 Å². The van der Waals surface area contributed by atoms with Crippen LogP contribution in [0.4, 0.5) is 5.69 Å². The molecule has 0 bridgehead atoms. The highest BCUT2D eigenvalue weighted by molar-refractivity contribution is 5.59. The van der Waals surface area contributed by atoms with Crippen molar-refractivity contribution in [3.63, 3.8) is 0 Å². The highest BCUT2D eigenvalue weighted by Gasteiger charge is 2.21. The van der Waals surface area contributed by atoms with Gasteiger partial charge in [0.05, 0.1) is 6.04 Å². The molecular formula is C19H23N. The first-order chi connectivity index (χ1) is 9.67. The van der Waals surface area contributed by atoms with Crippen LogP contribution in [0.1, 0.15) is 55.0 Å². The minimum Gasteiger partial charge on any atom is -0.378 e. The molecule has 0 spiro atoms. The Morgan fingerprint density at radius 1 is 1.10 bits per heavy atom. The summed E-state index contributed by atoms with van der Waals surface area (Å²) in [6, 6.07) is 16.3. The van der Waals surface area contributed by atoms with Crippen molar-refractivity contribution >= 4 is 5.69 Å². The number of aryl methyl sites for hydroxylation is 1. The van der Waals surface area contributed by atoms with Crippen LogP contribution in [0.5, 0.6) is 0 Å². The predicted octanol–water partition coefficient (Wildman–Crippen LogP) is 5.08. The van der Waals surface area contributed by atoms with Gasteiger partial charge in [0.15, 0.2) is 0 Å². The Morgan fingerprint density at radius 2 is 1.85 bits per heavy atom. The zero-order valence-electron chi connectivity index (χ0n) is 12.6. The van der Waals surface area contributed by atoms with E-state index in [1.54, 1.807) is 0 Å². The SMILES string of the molecule is CCc1ccc2c(c1)CC(c1ccc(C(C)C)cc1)N2. The van der Waals surface area contributed by atoms with Crippen LogP contribution in [-0.4, -0.2) is 0 Å². The van der Waals surface area contributed by atoms with Crippen LogP contribution < -0.4 is 5.32 Å². The van der Waals surface area contributed by atoms with Crippen molar-refractivity contribution in [1.82, 2.24) is 0 Å². The van der Waals surface area contributed by atoms with Crippen LogP contribution in [0.3, 0.4) is 0 Å². The van der Waals surface area contributed by atoms with Gasteiger partial charge in [-0.25, -0.2) is 0 Å². The predicted molar refractivity (Wildman–Crippen MR) is 86.4 cm³/mol. The quantitative estimate of drug-likeness (QED) is 0.816. The van der Waals surface area contributed by atoms with E-state index in [-0.39, 0.29) is 0 Å². The third-order valence-electron chi connectivity index (χ3n) is 4.34. The zero-order chi connectivity index (χ0) is 14.1. The Morgan fingerprint density at radius 3 is 2.50 bits per heavy atom. The molecule has 1 heteroatoms. The van der Waals surface area contributed by atoms with E-state index in [2.05, 4.69) is 68.6 Å². The summed E-state index contributed by atoms with van der Waals surface area (Å²) >= 11 is 0. The maximum atomic E-state index is 3.65. The van der Waals surface area contributed by atoms with Gasteiger partial charge in [0.2, 0.25) is 0 Å². The van der Waals surface area contributed by atoms with Crippen molar-refractivity contribution < 1.29 is 0 Å². The standard InChI is InChI=1S/C19H23N/c1-4-14-5-10-18-17(11-14)12-19(20-18)16-8-6-15(7-9-16)13(2)3/h5-11,13,19-20H,4,12H2,1-3H3. The minimum atomic E-state index is 0.429. The number of nitrogens with one attached hydrogen (secondary N) is 1. The number of fused-ring (bicyclic) bond motifs is 1. The smallest absolute Gasteiger partial charge is 0.0555 e. The van der Waals surface area contributed by atoms with Crippen LogP contribution >= 0.6 is 0 Å². The fourth-order valence-corrected chi connectivity index (χ4v) is 2.95. The van der Waals surface area contributed by atoms with Gasteiger partial charge in [0, 0.05) is 5.69 Å². The molecule has 0 aliphatic carbocycles. The number of hydrogen-bond acceptors (Lipinski definition) is 1. The summed E-state index contributed by atoms with van der Waals surface area (Å²) in [5, 5.41) is 3.65. The third-order valence-corrected chi connectivity index (χ3v) is 4.34. The van der Waals surface area contributed by atoms with Crippen LogP contribution in [-0.2, 0) is 12.8 Å². The minimum absolute atomic E-state index is 0.429. The average Bonchev–Trinajstić information content (AvgIpc) is 2.90. The van der Waals surface area contributed by atoms with E-state index in [0.717, 1.165) is 12.8 Å². The second kappa shape index (κ2) is 5.32. The normalized spacial score (nSPS) is 17.1. The van der Waals surface area contributed by atoms with Gasteiger partial charge in [-0.05, 0) is 47.1 Å².